The lowest BCUT2D eigenvalue weighted by molar-refractivity contribution is -0.141. The van der Waals surface area contributed by atoms with Crippen LogP contribution in [0.15, 0.2) is 0 Å². The van der Waals surface area contributed by atoms with Crippen LogP contribution in [0.25, 0.3) is 0 Å². The van der Waals surface area contributed by atoms with E-state index in [4.69, 9.17) is 5.11 Å². The maximum absolute atomic E-state index is 11.5. The zero-order valence-electron chi connectivity index (χ0n) is 11.4. The number of sulfonamides is 1. The number of urea groups is 1. The molecule has 0 aliphatic heterocycles. The van der Waals surface area contributed by atoms with E-state index >= 15 is 0 Å². The summed E-state index contributed by atoms with van der Waals surface area (Å²) >= 11 is 0. The van der Waals surface area contributed by atoms with Crippen molar-refractivity contribution in [3.8, 4) is 0 Å². The Bertz CT molecular complexity index is 451. The number of carboxylic acid groups (broad SMARTS) is 1. The standard InChI is InChI=1S/C11H21N3O5S/c1-20(18,19)13-6-2-5-12-11(17)14-9-4-3-8(7-9)10(15)16/h8-9,13H,2-7H2,1H3,(H,15,16)(H2,12,14,17)/t8-,9+/m1/s1. The summed E-state index contributed by atoms with van der Waals surface area (Å²) in [4.78, 5) is 22.3. The fourth-order valence-corrected chi connectivity index (χ4v) is 2.64. The number of aliphatic carboxylic acids is 1. The Kier molecular flexibility index (Phi) is 6.21. The van der Waals surface area contributed by atoms with Crippen LogP contribution in [0.1, 0.15) is 25.7 Å². The second-order valence-corrected chi connectivity index (χ2v) is 6.80. The smallest absolute Gasteiger partial charge is 0.315 e. The molecule has 0 unspecified atom stereocenters. The maximum atomic E-state index is 11.5. The third-order valence-electron chi connectivity index (χ3n) is 3.12. The van der Waals surface area contributed by atoms with E-state index in [9.17, 15) is 18.0 Å². The number of nitrogens with one attached hydrogen (secondary N) is 3. The molecule has 0 heterocycles. The van der Waals surface area contributed by atoms with E-state index in [-0.39, 0.29) is 24.5 Å². The van der Waals surface area contributed by atoms with Crippen LogP contribution in [-0.4, -0.2) is 50.9 Å². The van der Waals surface area contributed by atoms with E-state index < -0.39 is 16.0 Å². The van der Waals surface area contributed by atoms with E-state index in [1.807, 2.05) is 0 Å². The van der Waals surface area contributed by atoms with Gasteiger partial charge in [-0.1, -0.05) is 0 Å². The van der Waals surface area contributed by atoms with Gasteiger partial charge in [-0.15, -0.1) is 0 Å². The van der Waals surface area contributed by atoms with Gasteiger partial charge >= 0.3 is 12.0 Å². The summed E-state index contributed by atoms with van der Waals surface area (Å²) in [5.74, 6) is -1.19. The molecular weight excluding hydrogens is 286 g/mol. The Morgan fingerprint density at radius 3 is 2.50 bits per heavy atom. The molecule has 0 radical (unpaired) electrons. The minimum atomic E-state index is -3.19. The molecule has 9 heteroatoms. The fraction of sp³-hybridized carbons (Fsp3) is 0.818. The number of carboxylic acids is 1. The first kappa shape index (κ1) is 16.7. The highest BCUT2D eigenvalue weighted by Crippen LogP contribution is 2.25. The maximum Gasteiger partial charge on any atom is 0.315 e. The molecular formula is C11H21N3O5S. The van der Waals surface area contributed by atoms with Crippen LogP contribution < -0.4 is 15.4 Å². The molecule has 4 N–H and O–H groups in total. The Morgan fingerprint density at radius 2 is 1.95 bits per heavy atom. The highest BCUT2D eigenvalue weighted by Gasteiger charge is 2.30. The van der Waals surface area contributed by atoms with Gasteiger partial charge in [0.1, 0.15) is 0 Å². The van der Waals surface area contributed by atoms with Crippen LogP contribution in [0.2, 0.25) is 0 Å². The molecule has 0 saturated heterocycles. The van der Waals surface area contributed by atoms with Gasteiger partial charge in [0, 0.05) is 19.1 Å². The molecule has 0 aromatic heterocycles. The van der Waals surface area contributed by atoms with Crippen molar-refractivity contribution >= 4 is 22.0 Å². The average molecular weight is 307 g/mol. The summed E-state index contributed by atoms with van der Waals surface area (Å²) in [6, 6.07) is -0.453. The van der Waals surface area contributed by atoms with Gasteiger partial charge in [-0.25, -0.2) is 17.9 Å². The van der Waals surface area contributed by atoms with Gasteiger partial charge in [-0.3, -0.25) is 4.79 Å². The van der Waals surface area contributed by atoms with E-state index in [0.29, 0.717) is 32.2 Å². The normalized spacial score (nSPS) is 22.4. The van der Waals surface area contributed by atoms with Gasteiger partial charge in [0.25, 0.3) is 0 Å². The van der Waals surface area contributed by atoms with Crippen molar-refractivity contribution in [3.63, 3.8) is 0 Å². The predicted molar refractivity (Wildman–Crippen MR) is 72.8 cm³/mol. The average Bonchev–Trinajstić information content (AvgIpc) is 2.75. The number of hydrogen-bond donors (Lipinski definition) is 4. The molecule has 1 rings (SSSR count). The molecule has 1 fully saturated rings. The number of carbonyl (C=O) groups excluding carboxylic acids is 1. The van der Waals surface area contributed by atoms with Crippen molar-refractivity contribution in [3.05, 3.63) is 0 Å². The highest BCUT2D eigenvalue weighted by molar-refractivity contribution is 7.88. The first-order valence-electron chi connectivity index (χ1n) is 6.50. The van der Waals surface area contributed by atoms with Gasteiger partial charge in [0.2, 0.25) is 10.0 Å². The van der Waals surface area contributed by atoms with Crippen LogP contribution in [0, 0.1) is 5.92 Å². The lowest BCUT2D eigenvalue weighted by Gasteiger charge is -2.13. The summed E-state index contributed by atoms with van der Waals surface area (Å²) in [5.41, 5.74) is 0. The van der Waals surface area contributed by atoms with Gasteiger partial charge in [-0.2, -0.15) is 0 Å². The molecule has 0 bridgehead atoms. The van der Waals surface area contributed by atoms with Crippen molar-refractivity contribution in [2.45, 2.75) is 31.7 Å². The molecule has 116 valence electrons. The molecule has 0 aromatic carbocycles. The zero-order valence-corrected chi connectivity index (χ0v) is 12.2. The van der Waals surface area contributed by atoms with Crippen molar-refractivity contribution in [1.29, 1.82) is 0 Å². The van der Waals surface area contributed by atoms with Crippen LogP contribution in [0.4, 0.5) is 4.79 Å². The molecule has 2 atom stereocenters. The molecule has 8 nitrogen and oxygen atoms in total. The molecule has 0 spiro atoms. The van der Waals surface area contributed by atoms with Crippen molar-refractivity contribution in [2.24, 2.45) is 5.92 Å². The molecule has 0 aromatic rings. The number of amides is 2. The van der Waals surface area contributed by atoms with Crippen LogP contribution in [0.3, 0.4) is 0 Å². The largest absolute Gasteiger partial charge is 0.481 e. The van der Waals surface area contributed by atoms with Crippen LogP contribution in [0.5, 0.6) is 0 Å². The lowest BCUT2D eigenvalue weighted by Crippen LogP contribution is -2.42. The van der Waals surface area contributed by atoms with E-state index in [1.165, 1.54) is 0 Å². The van der Waals surface area contributed by atoms with Gasteiger partial charge in [0.05, 0.1) is 12.2 Å². The Labute approximate surface area is 118 Å². The third-order valence-corrected chi connectivity index (χ3v) is 3.85. The topological polar surface area (TPSA) is 125 Å². The SMILES string of the molecule is CS(=O)(=O)NCCCNC(=O)N[C@H]1CC[C@@H](C(=O)O)C1. The predicted octanol–water partition coefficient (Wildman–Crippen LogP) is -0.522. The summed E-state index contributed by atoms with van der Waals surface area (Å²) in [6.07, 6.45) is 3.27. The molecule has 20 heavy (non-hydrogen) atoms. The molecule has 2 amide bonds. The summed E-state index contributed by atoms with van der Waals surface area (Å²) in [6.45, 7) is 0.618. The summed E-state index contributed by atoms with van der Waals surface area (Å²) < 4.78 is 23.9. The van der Waals surface area contributed by atoms with Crippen molar-refractivity contribution in [1.82, 2.24) is 15.4 Å². The first-order chi connectivity index (χ1) is 9.28. The second-order valence-electron chi connectivity index (χ2n) is 4.97. The van der Waals surface area contributed by atoms with Gasteiger partial charge in [0.15, 0.2) is 0 Å². The molecule has 1 aliphatic carbocycles. The summed E-state index contributed by atoms with van der Waals surface area (Å²) in [5, 5.41) is 14.2. The van der Waals surface area contributed by atoms with Crippen molar-refractivity contribution < 1.29 is 23.1 Å². The minimum Gasteiger partial charge on any atom is -0.481 e. The van der Waals surface area contributed by atoms with E-state index in [1.54, 1.807) is 0 Å². The monoisotopic (exact) mass is 307 g/mol. The Balaban J connectivity index is 2.11. The Hall–Kier alpha value is -1.35. The fourth-order valence-electron chi connectivity index (χ4n) is 2.12. The highest BCUT2D eigenvalue weighted by atomic mass is 32.2. The number of carbonyl (C=O) groups is 2. The van der Waals surface area contributed by atoms with E-state index in [0.717, 1.165) is 6.26 Å². The Morgan fingerprint density at radius 1 is 1.25 bits per heavy atom. The second kappa shape index (κ2) is 7.44. The lowest BCUT2D eigenvalue weighted by atomic mass is 10.1. The molecule has 1 aliphatic rings. The number of rotatable bonds is 7. The van der Waals surface area contributed by atoms with Gasteiger partial charge < -0.3 is 15.7 Å². The quantitative estimate of drug-likeness (QED) is 0.471. The van der Waals surface area contributed by atoms with Crippen molar-refractivity contribution in [2.75, 3.05) is 19.3 Å². The number of hydrogen-bond acceptors (Lipinski definition) is 4. The van der Waals surface area contributed by atoms with Crippen LogP contribution in [-0.2, 0) is 14.8 Å². The first-order valence-corrected chi connectivity index (χ1v) is 8.39. The van der Waals surface area contributed by atoms with E-state index in [2.05, 4.69) is 15.4 Å². The third kappa shape index (κ3) is 6.71. The zero-order chi connectivity index (χ0) is 15.2. The summed E-state index contributed by atoms with van der Waals surface area (Å²) in [7, 11) is -3.19. The minimum absolute atomic E-state index is 0.106. The molecule has 1 saturated carbocycles. The van der Waals surface area contributed by atoms with Crippen LogP contribution >= 0.6 is 0 Å². The van der Waals surface area contributed by atoms with Gasteiger partial charge in [-0.05, 0) is 25.7 Å².